The van der Waals surface area contributed by atoms with Crippen molar-refractivity contribution in [1.82, 2.24) is 5.32 Å². The number of rotatable bonds is 4. The van der Waals surface area contributed by atoms with Crippen LogP contribution in [0.15, 0.2) is 22.7 Å². The summed E-state index contributed by atoms with van der Waals surface area (Å²) in [6.45, 7) is 4.10. The maximum atomic E-state index is 14.0. The number of benzene rings is 1. The van der Waals surface area contributed by atoms with Crippen molar-refractivity contribution < 1.29 is 8.78 Å². The van der Waals surface area contributed by atoms with E-state index in [0.717, 1.165) is 4.88 Å². The highest BCUT2D eigenvalue weighted by Crippen LogP contribution is 2.31. The van der Waals surface area contributed by atoms with Gasteiger partial charge in [-0.15, -0.1) is 11.3 Å². The van der Waals surface area contributed by atoms with Gasteiger partial charge in [-0.2, -0.15) is 0 Å². The summed E-state index contributed by atoms with van der Waals surface area (Å²) in [6, 6.07) is 4.67. The number of halogens is 3. The molecule has 0 amide bonds. The van der Waals surface area contributed by atoms with Crippen LogP contribution >= 0.6 is 27.3 Å². The number of aryl methyl sites for hydroxylation is 2. The minimum atomic E-state index is -0.518. The Morgan fingerprint density at radius 1 is 1.30 bits per heavy atom. The molecule has 2 rings (SSSR count). The van der Waals surface area contributed by atoms with Crippen LogP contribution in [0.25, 0.3) is 0 Å². The van der Waals surface area contributed by atoms with E-state index in [1.165, 1.54) is 22.6 Å². The quantitative estimate of drug-likeness (QED) is 0.764. The molecular weight excluding hydrogens is 344 g/mol. The molecule has 1 nitrogen and oxygen atoms in total. The van der Waals surface area contributed by atoms with Gasteiger partial charge in [-0.1, -0.05) is 0 Å². The molecule has 2 aromatic rings. The lowest BCUT2D eigenvalue weighted by Crippen LogP contribution is -2.19. The maximum absolute atomic E-state index is 14.0. The zero-order valence-electron chi connectivity index (χ0n) is 11.6. The molecule has 1 N–H and O–H groups in total. The summed E-state index contributed by atoms with van der Waals surface area (Å²) in [5.74, 6) is -1.02. The Kier molecular flexibility index (Phi) is 4.94. The van der Waals surface area contributed by atoms with E-state index in [1.54, 1.807) is 11.3 Å². The Morgan fingerprint density at radius 2 is 2.00 bits per heavy atom. The molecular formula is C15H16BrF2NS. The molecule has 1 aromatic heterocycles. The molecule has 1 heterocycles. The van der Waals surface area contributed by atoms with Gasteiger partial charge in [0, 0.05) is 21.4 Å². The average Bonchev–Trinajstić information content (AvgIpc) is 2.74. The molecule has 5 heteroatoms. The second kappa shape index (κ2) is 6.33. The lowest BCUT2D eigenvalue weighted by atomic mass is 10.0. The fourth-order valence-corrected chi connectivity index (χ4v) is 3.60. The average molecular weight is 360 g/mol. The topological polar surface area (TPSA) is 12.0 Å². The first kappa shape index (κ1) is 15.6. The van der Waals surface area contributed by atoms with E-state index in [2.05, 4.69) is 34.2 Å². The summed E-state index contributed by atoms with van der Waals surface area (Å²) in [5, 5.41) is 3.14. The molecule has 0 aliphatic heterocycles. The molecule has 0 aliphatic carbocycles. The summed E-state index contributed by atoms with van der Waals surface area (Å²) in [6.07, 6.45) is 0.285. The Balaban J connectivity index is 2.34. The van der Waals surface area contributed by atoms with Crippen molar-refractivity contribution in [3.63, 3.8) is 0 Å². The van der Waals surface area contributed by atoms with Gasteiger partial charge in [0.2, 0.25) is 0 Å². The monoisotopic (exact) mass is 359 g/mol. The molecule has 0 bridgehead atoms. The van der Waals surface area contributed by atoms with Crippen LogP contribution in [0.4, 0.5) is 8.78 Å². The second-order valence-corrected chi connectivity index (χ2v) is 6.90. The van der Waals surface area contributed by atoms with Crippen molar-refractivity contribution in [2.75, 3.05) is 7.05 Å². The normalized spacial score (nSPS) is 12.7. The van der Waals surface area contributed by atoms with Gasteiger partial charge in [0.15, 0.2) is 0 Å². The zero-order chi connectivity index (χ0) is 14.9. The number of hydrogen-bond acceptors (Lipinski definition) is 2. The third-order valence-corrected chi connectivity index (χ3v) is 5.30. The smallest absolute Gasteiger partial charge is 0.143 e. The molecule has 20 heavy (non-hydrogen) atoms. The van der Waals surface area contributed by atoms with E-state index >= 15 is 0 Å². The summed E-state index contributed by atoms with van der Waals surface area (Å²) in [5.41, 5.74) is 1.32. The largest absolute Gasteiger partial charge is 0.312 e. The minimum Gasteiger partial charge on any atom is -0.312 e. The molecule has 1 atom stereocenters. The lowest BCUT2D eigenvalue weighted by molar-refractivity contribution is 0.516. The van der Waals surface area contributed by atoms with Crippen LogP contribution in [-0.2, 0) is 6.42 Å². The molecule has 0 saturated heterocycles. The third kappa shape index (κ3) is 3.10. The highest BCUT2D eigenvalue weighted by Gasteiger charge is 2.19. The van der Waals surface area contributed by atoms with E-state index in [0.29, 0.717) is 4.47 Å². The predicted octanol–water partition coefficient (Wildman–Crippen LogP) is 4.91. The Labute approximate surface area is 130 Å². The van der Waals surface area contributed by atoms with Gasteiger partial charge in [-0.05, 0) is 67.0 Å². The number of thiophene rings is 1. The van der Waals surface area contributed by atoms with Crippen LogP contribution in [0.3, 0.4) is 0 Å². The van der Waals surface area contributed by atoms with Gasteiger partial charge < -0.3 is 5.32 Å². The molecule has 1 unspecified atom stereocenters. The fourth-order valence-electron chi connectivity index (χ4n) is 2.08. The van der Waals surface area contributed by atoms with Crippen molar-refractivity contribution in [1.29, 1.82) is 0 Å². The summed E-state index contributed by atoms with van der Waals surface area (Å²) >= 11 is 4.77. The molecule has 0 aliphatic rings. The summed E-state index contributed by atoms with van der Waals surface area (Å²) in [4.78, 5) is 2.33. The first-order chi connectivity index (χ1) is 9.43. The van der Waals surface area contributed by atoms with E-state index in [1.807, 2.05) is 14.0 Å². The van der Waals surface area contributed by atoms with Crippen molar-refractivity contribution in [3.05, 3.63) is 55.2 Å². The van der Waals surface area contributed by atoms with E-state index < -0.39 is 11.6 Å². The highest BCUT2D eigenvalue weighted by molar-refractivity contribution is 9.10. The SMILES string of the molecule is CNC(Cc1c(F)ccc(Br)c1F)c1cc(C)c(C)s1. The molecule has 0 radical (unpaired) electrons. The highest BCUT2D eigenvalue weighted by atomic mass is 79.9. The standard InChI is InChI=1S/C15H16BrF2NS/c1-8-6-14(20-9(8)2)13(19-3)7-10-12(17)5-4-11(16)15(10)18/h4-6,13,19H,7H2,1-3H3. The number of hydrogen-bond donors (Lipinski definition) is 1. The minimum absolute atomic E-state index is 0.0919. The first-order valence-corrected chi connectivity index (χ1v) is 7.91. The van der Waals surface area contributed by atoms with Gasteiger partial charge in [-0.25, -0.2) is 8.78 Å². The second-order valence-electron chi connectivity index (χ2n) is 4.76. The van der Waals surface area contributed by atoms with Crippen molar-refractivity contribution in [2.45, 2.75) is 26.3 Å². The lowest BCUT2D eigenvalue weighted by Gasteiger charge is -2.16. The van der Waals surface area contributed by atoms with Crippen LogP contribution in [0.5, 0.6) is 0 Å². The molecule has 1 aromatic carbocycles. The van der Waals surface area contributed by atoms with E-state index in [9.17, 15) is 8.78 Å². The van der Waals surface area contributed by atoms with Crippen LogP contribution in [0.2, 0.25) is 0 Å². The molecule has 0 fully saturated rings. The van der Waals surface area contributed by atoms with Crippen molar-refractivity contribution >= 4 is 27.3 Å². The van der Waals surface area contributed by atoms with Crippen LogP contribution in [-0.4, -0.2) is 7.05 Å². The molecule has 0 spiro atoms. The van der Waals surface area contributed by atoms with E-state index in [-0.39, 0.29) is 18.0 Å². The first-order valence-electron chi connectivity index (χ1n) is 6.30. The van der Waals surface area contributed by atoms with Gasteiger partial charge in [-0.3, -0.25) is 0 Å². The Bertz CT molecular complexity index is 605. The molecule has 0 saturated carbocycles. The summed E-state index contributed by atoms with van der Waals surface area (Å²) in [7, 11) is 1.81. The maximum Gasteiger partial charge on any atom is 0.143 e. The van der Waals surface area contributed by atoms with Gasteiger partial charge in [0.05, 0.1) is 4.47 Å². The zero-order valence-corrected chi connectivity index (χ0v) is 14.0. The molecule has 108 valence electrons. The van der Waals surface area contributed by atoms with Crippen LogP contribution in [0, 0.1) is 25.5 Å². The number of nitrogens with one attached hydrogen (secondary N) is 1. The fraction of sp³-hybridized carbons (Fsp3) is 0.333. The van der Waals surface area contributed by atoms with Gasteiger partial charge >= 0.3 is 0 Å². The van der Waals surface area contributed by atoms with Gasteiger partial charge in [0.25, 0.3) is 0 Å². The third-order valence-electron chi connectivity index (χ3n) is 3.42. The number of likely N-dealkylation sites (N-methyl/N-ethyl adjacent to an activating group) is 1. The Morgan fingerprint density at radius 3 is 2.55 bits per heavy atom. The predicted molar refractivity (Wildman–Crippen MR) is 83.4 cm³/mol. The Hall–Kier alpha value is -0.780. The summed E-state index contributed by atoms with van der Waals surface area (Å²) < 4.78 is 28.2. The van der Waals surface area contributed by atoms with Crippen LogP contribution < -0.4 is 5.32 Å². The van der Waals surface area contributed by atoms with Crippen LogP contribution in [0.1, 0.15) is 26.9 Å². The van der Waals surface area contributed by atoms with Gasteiger partial charge in [0.1, 0.15) is 11.6 Å². The van der Waals surface area contributed by atoms with Crippen molar-refractivity contribution in [2.24, 2.45) is 0 Å². The van der Waals surface area contributed by atoms with Crippen molar-refractivity contribution in [3.8, 4) is 0 Å². The van der Waals surface area contributed by atoms with E-state index in [4.69, 9.17) is 0 Å².